The van der Waals surface area contributed by atoms with Gasteiger partial charge in [0.25, 0.3) is 0 Å². The molecule has 0 saturated heterocycles. The Morgan fingerprint density at radius 2 is 0.574 bits per heavy atom. The average Bonchev–Trinajstić information content (AvgIpc) is 3.18. The first-order chi connectivity index (χ1) is 31.2. The maximum Gasteiger partial charge on any atom is 0.326 e. The minimum atomic E-state index is -1.63. The van der Waals surface area contributed by atoms with Gasteiger partial charge in [0.15, 0.2) is 0 Å². The zero-order chi connectivity index (χ0) is 53.1. The predicted octanol–water partition coefficient (Wildman–Crippen LogP) is 0.191. The van der Waals surface area contributed by atoms with Crippen molar-refractivity contribution in [2.45, 2.75) is 203 Å². The molecular formula is C47H87N9O12. The summed E-state index contributed by atoms with van der Waals surface area (Å²) in [5.41, 5.74) is 6.08. The Kier molecular flexibility index (Phi) is 27.7. The Morgan fingerprint density at radius 3 is 0.853 bits per heavy atom. The Hall–Kier alpha value is -4.89. The largest absolute Gasteiger partial charge is 0.480 e. The lowest BCUT2D eigenvalue weighted by Gasteiger charge is -2.31. The lowest BCUT2D eigenvalue weighted by molar-refractivity contribution is -0.144. The van der Waals surface area contributed by atoms with Crippen LogP contribution in [-0.4, -0.2) is 135 Å². The third-order valence-corrected chi connectivity index (χ3v) is 10.9. The zero-order valence-electron chi connectivity index (χ0n) is 43.3. The van der Waals surface area contributed by atoms with E-state index >= 15 is 0 Å². The van der Waals surface area contributed by atoms with Crippen molar-refractivity contribution in [3.63, 3.8) is 0 Å². The maximum absolute atomic E-state index is 14.0. The van der Waals surface area contributed by atoms with E-state index in [1.54, 1.807) is 55.4 Å². The molecule has 0 saturated carbocycles. The number of nitrogens with two attached hydrogens (primary N) is 1. The van der Waals surface area contributed by atoms with Gasteiger partial charge in [-0.2, -0.15) is 0 Å². The molecule has 0 heterocycles. The number of hydrogen-bond donors (Lipinski definition) is 12. The quantitative estimate of drug-likeness (QED) is 0.0458. The molecular weight excluding hydrogens is 883 g/mol. The van der Waals surface area contributed by atoms with Crippen LogP contribution in [0.5, 0.6) is 0 Å². The summed E-state index contributed by atoms with van der Waals surface area (Å²) in [6.45, 7) is 26.9. The zero-order valence-corrected chi connectivity index (χ0v) is 43.3. The molecule has 0 bridgehead atoms. The van der Waals surface area contributed by atoms with E-state index < -0.39 is 138 Å². The van der Waals surface area contributed by atoms with Crippen molar-refractivity contribution in [2.75, 3.05) is 0 Å². The first-order valence-electron chi connectivity index (χ1n) is 24.0. The van der Waals surface area contributed by atoms with Crippen LogP contribution >= 0.6 is 0 Å². The molecule has 0 aromatic heterocycles. The van der Waals surface area contributed by atoms with Gasteiger partial charge in [-0.25, -0.2) is 4.79 Å². The molecule has 8 amide bonds. The molecule has 13 N–H and O–H groups in total. The molecule has 11 atom stereocenters. The number of rotatable bonds is 30. The van der Waals surface area contributed by atoms with Crippen LogP contribution < -0.4 is 48.3 Å². The molecule has 0 spiro atoms. The number of carbonyl (C=O) groups excluding carboxylic acids is 8. The van der Waals surface area contributed by atoms with Gasteiger partial charge in [0.1, 0.15) is 48.3 Å². The molecule has 21 nitrogen and oxygen atoms in total. The van der Waals surface area contributed by atoms with E-state index in [0.29, 0.717) is 6.42 Å². The summed E-state index contributed by atoms with van der Waals surface area (Å²) >= 11 is 0. The second kappa shape index (κ2) is 29.9. The summed E-state index contributed by atoms with van der Waals surface area (Å²) in [5, 5.41) is 51.5. The van der Waals surface area contributed by atoms with Crippen LogP contribution in [0, 0.1) is 41.4 Å². The third kappa shape index (κ3) is 22.5. The summed E-state index contributed by atoms with van der Waals surface area (Å²) in [4.78, 5) is 121. The number of carbonyl (C=O) groups is 9. The summed E-state index contributed by atoms with van der Waals surface area (Å²) < 4.78 is 0. The minimum absolute atomic E-state index is 0.0297. The average molecular weight is 970 g/mol. The molecule has 0 aliphatic carbocycles. The molecule has 392 valence electrons. The fraction of sp³-hybridized carbons (Fsp3) is 0.809. The van der Waals surface area contributed by atoms with E-state index in [1.807, 2.05) is 41.5 Å². The first kappa shape index (κ1) is 63.1. The third-order valence-electron chi connectivity index (χ3n) is 10.9. The highest BCUT2D eigenvalue weighted by Crippen LogP contribution is 2.14. The monoisotopic (exact) mass is 970 g/mol. The molecule has 0 aliphatic rings. The lowest BCUT2D eigenvalue weighted by Crippen LogP contribution is -2.63. The van der Waals surface area contributed by atoms with Crippen LogP contribution in [0.3, 0.4) is 0 Å². The number of aliphatic hydroxyl groups excluding tert-OH is 2. The van der Waals surface area contributed by atoms with Crippen LogP contribution in [0.25, 0.3) is 0 Å². The molecule has 0 rings (SSSR count). The summed E-state index contributed by atoms with van der Waals surface area (Å²) in [6.07, 6.45) is -2.22. The van der Waals surface area contributed by atoms with Crippen molar-refractivity contribution < 1.29 is 58.5 Å². The Bertz CT molecular complexity index is 1680. The van der Waals surface area contributed by atoms with Crippen LogP contribution in [-0.2, 0) is 43.2 Å². The number of nitrogens with one attached hydrogen (secondary N) is 8. The number of hydrogen-bond acceptors (Lipinski definition) is 12. The van der Waals surface area contributed by atoms with Crippen LogP contribution in [0.2, 0.25) is 0 Å². The number of carboxylic acid groups (broad SMARTS) is 1. The standard InChI is InChI=1S/C47H87N9O12/c1-21(2)17-30(48)39(59)49-31(18-22(3)4)40(60)50-32(19-23(5)6)41(61)55-37(28(15)57)45(65)52-34(25(9)10)43(63)51-33(20-24(7)8)42(62)56-38(29(16)58)46(66)53-35(26(11)12)44(64)54-36(27(13)14)47(67)68/h21-38,57-58H,17-20,48H2,1-16H3,(H,49,59)(H,50,60)(H,51,63)(H,52,65)(H,53,66)(H,54,64)(H,55,61)(H,56,62)(H,67,68)/t28-,29-,30+,31+,32+,33+,34+,35+,36+,37+,38+/m1/s1. The fourth-order valence-corrected chi connectivity index (χ4v) is 7.17. The molecule has 0 unspecified atom stereocenters. The van der Waals surface area contributed by atoms with Crippen molar-refractivity contribution in [3.05, 3.63) is 0 Å². The van der Waals surface area contributed by atoms with Gasteiger partial charge in [-0.05, 0) is 81.0 Å². The topological polar surface area (TPSA) is 337 Å². The van der Waals surface area contributed by atoms with E-state index in [9.17, 15) is 58.5 Å². The lowest BCUT2D eigenvalue weighted by atomic mass is 9.98. The predicted molar refractivity (Wildman–Crippen MR) is 257 cm³/mol. The molecule has 0 aromatic rings. The summed E-state index contributed by atoms with van der Waals surface area (Å²) in [5.74, 6) is -9.51. The molecule has 0 fully saturated rings. The maximum atomic E-state index is 14.0. The van der Waals surface area contributed by atoms with Gasteiger partial charge in [-0.1, -0.05) is 96.9 Å². The number of aliphatic carboxylic acids is 1. The van der Waals surface area contributed by atoms with E-state index in [-0.39, 0.29) is 42.9 Å². The number of aliphatic hydroxyl groups is 2. The highest BCUT2D eigenvalue weighted by molar-refractivity contribution is 5.98. The van der Waals surface area contributed by atoms with Crippen LogP contribution in [0.15, 0.2) is 0 Å². The van der Waals surface area contributed by atoms with E-state index in [0.717, 1.165) is 0 Å². The second-order valence-corrected chi connectivity index (χ2v) is 20.8. The highest BCUT2D eigenvalue weighted by Gasteiger charge is 2.38. The van der Waals surface area contributed by atoms with Gasteiger partial charge in [-0.15, -0.1) is 0 Å². The Labute approximate surface area is 403 Å². The van der Waals surface area contributed by atoms with Gasteiger partial charge >= 0.3 is 5.97 Å². The molecule has 0 radical (unpaired) electrons. The SMILES string of the molecule is CC(C)C[C@H](NC(=O)[C@H](CC(C)C)NC(=O)[C@@H](N)CC(C)C)C(=O)N[C@H](C(=O)N[C@H](C(=O)N[C@@H](CC(C)C)C(=O)N[C@H](C(=O)N[C@H](C(=O)N[C@H](C(=O)O)C(C)C)C(C)C)[C@@H](C)O)C(C)C)[C@@H](C)O. The number of carboxylic acids is 1. The number of amides is 8. The van der Waals surface area contributed by atoms with Gasteiger partial charge in [-0.3, -0.25) is 38.4 Å². The van der Waals surface area contributed by atoms with Crippen LogP contribution in [0.1, 0.15) is 136 Å². The Balaban J connectivity index is 6.41. The van der Waals surface area contributed by atoms with E-state index in [1.165, 1.54) is 13.8 Å². The molecule has 0 aromatic carbocycles. The van der Waals surface area contributed by atoms with Crippen LogP contribution in [0.4, 0.5) is 0 Å². The van der Waals surface area contributed by atoms with Gasteiger partial charge in [0.2, 0.25) is 47.3 Å². The minimum Gasteiger partial charge on any atom is -0.480 e. The van der Waals surface area contributed by atoms with Gasteiger partial charge < -0.3 is 63.6 Å². The summed E-state index contributed by atoms with van der Waals surface area (Å²) in [6, 6.07) is -11.5. The Morgan fingerprint density at radius 1 is 0.338 bits per heavy atom. The smallest absolute Gasteiger partial charge is 0.326 e. The normalized spacial score (nSPS) is 16.7. The van der Waals surface area contributed by atoms with E-state index in [2.05, 4.69) is 42.5 Å². The van der Waals surface area contributed by atoms with Crippen molar-refractivity contribution in [1.29, 1.82) is 0 Å². The second-order valence-electron chi connectivity index (χ2n) is 20.8. The molecule has 68 heavy (non-hydrogen) atoms. The first-order valence-corrected chi connectivity index (χ1v) is 24.0. The van der Waals surface area contributed by atoms with Gasteiger partial charge in [0, 0.05) is 0 Å². The summed E-state index contributed by atoms with van der Waals surface area (Å²) in [7, 11) is 0. The van der Waals surface area contributed by atoms with Crippen molar-refractivity contribution in [2.24, 2.45) is 47.2 Å². The van der Waals surface area contributed by atoms with Crippen molar-refractivity contribution in [1.82, 2.24) is 42.5 Å². The van der Waals surface area contributed by atoms with Crippen molar-refractivity contribution in [3.8, 4) is 0 Å². The van der Waals surface area contributed by atoms with Crippen molar-refractivity contribution >= 4 is 53.2 Å². The van der Waals surface area contributed by atoms with E-state index in [4.69, 9.17) is 5.73 Å². The van der Waals surface area contributed by atoms with Gasteiger partial charge in [0.05, 0.1) is 18.2 Å². The fourth-order valence-electron chi connectivity index (χ4n) is 7.17. The highest BCUT2D eigenvalue weighted by atomic mass is 16.4. The molecule has 0 aliphatic heterocycles. The molecule has 21 heteroatoms.